The summed E-state index contributed by atoms with van der Waals surface area (Å²) in [4.78, 5) is 15.2. The molecule has 0 aliphatic heterocycles. The van der Waals surface area contributed by atoms with Crippen molar-refractivity contribution in [1.82, 2.24) is 4.98 Å². The minimum Gasteiger partial charge on any atom is -0.477 e. The highest BCUT2D eigenvalue weighted by Crippen LogP contribution is 2.26. The molecule has 2 rings (SSSR count). The number of pyridine rings is 1. The fourth-order valence-electron chi connectivity index (χ4n) is 2.00. The molecule has 0 unspecified atom stereocenters. The van der Waals surface area contributed by atoms with Crippen molar-refractivity contribution in [2.75, 3.05) is 12.4 Å². The van der Waals surface area contributed by atoms with E-state index in [9.17, 15) is 4.79 Å². The lowest BCUT2D eigenvalue weighted by Crippen LogP contribution is -2.03. The number of anilines is 1. The van der Waals surface area contributed by atoms with Crippen LogP contribution in [0.5, 0.6) is 0 Å². The van der Waals surface area contributed by atoms with Crippen LogP contribution in [-0.2, 0) is 0 Å². The van der Waals surface area contributed by atoms with E-state index < -0.39 is 5.97 Å². The van der Waals surface area contributed by atoms with Crippen LogP contribution in [0.15, 0.2) is 18.2 Å². The summed E-state index contributed by atoms with van der Waals surface area (Å²) < 4.78 is 0. The Morgan fingerprint density at radius 2 is 2.00 bits per heavy atom. The van der Waals surface area contributed by atoms with Gasteiger partial charge in [0, 0.05) is 18.1 Å². The van der Waals surface area contributed by atoms with Crippen LogP contribution < -0.4 is 5.32 Å². The SMILES string of the molecule is CNc1cc(C(=O)O)nc2c(C)cc(C)cc12. The van der Waals surface area contributed by atoms with Crippen LogP contribution in [0.3, 0.4) is 0 Å². The van der Waals surface area contributed by atoms with Gasteiger partial charge < -0.3 is 10.4 Å². The molecule has 0 saturated heterocycles. The molecule has 0 aliphatic carbocycles. The van der Waals surface area contributed by atoms with Crippen molar-refractivity contribution in [3.05, 3.63) is 35.0 Å². The number of hydrogen-bond acceptors (Lipinski definition) is 3. The van der Waals surface area contributed by atoms with E-state index in [2.05, 4.69) is 10.3 Å². The van der Waals surface area contributed by atoms with Crippen LogP contribution >= 0.6 is 0 Å². The van der Waals surface area contributed by atoms with Crippen LogP contribution in [0.1, 0.15) is 21.6 Å². The number of fused-ring (bicyclic) bond motifs is 1. The molecule has 17 heavy (non-hydrogen) atoms. The molecule has 0 bridgehead atoms. The van der Waals surface area contributed by atoms with Crippen molar-refractivity contribution in [3.8, 4) is 0 Å². The van der Waals surface area contributed by atoms with Gasteiger partial charge in [0.05, 0.1) is 5.52 Å². The molecule has 0 aliphatic rings. The van der Waals surface area contributed by atoms with Crippen LogP contribution in [0.2, 0.25) is 0 Å². The fraction of sp³-hybridized carbons (Fsp3) is 0.231. The second-order valence-corrected chi connectivity index (χ2v) is 4.09. The topological polar surface area (TPSA) is 62.2 Å². The van der Waals surface area contributed by atoms with Gasteiger partial charge in [-0.1, -0.05) is 11.6 Å². The van der Waals surface area contributed by atoms with Crippen molar-refractivity contribution < 1.29 is 9.90 Å². The van der Waals surface area contributed by atoms with Gasteiger partial charge in [-0.25, -0.2) is 9.78 Å². The minimum atomic E-state index is -1.01. The first kappa shape index (κ1) is 11.4. The van der Waals surface area contributed by atoms with E-state index in [0.29, 0.717) is 0 Å². The van der Waals surface area contributed by atoms with E-state index in [4.69, 9.17) is 5.11 Å². The summed E-state index contributed by atoms with van der Waals surface area (Å²) in [6.07, 6.45) is 0. The third-order valence-corrected chi connectivity index (χ3v) is 2.74. The van der Waals surface area contributed by atoms with Gasteiger partial charge >= 0.3 is 5.97 Å². The molecule has 2 N–H and O–H groups in total. The number of carboxylic acid groups (broad SMARTS) is 1. The summed E-state index contributed by atoms with van der Waals surface area (Å²) in [6.45, 7) is 3.95. The number of aromatic nitrogens is 1. The Morgan fingerprint density at radius 3 is 2.59 bits per heavy atom. The van der Waals surface area contributed by atoms with E-state index in [0.717, 1.165) is 27.7 Å². The quantitative estimate of drug-likeness (QED) is 0.832. The summed E-state index contributed by atoms with van der Waals surface area (Å²) >= 11 is 0. The van der Waals surface area contributed by atoms with Crippen molar-refractivity contribution in [1.29, 1.82) is 0 Å². The van der Waals surface area contributed by atoms with Gasteiger partial charge in [0.2, 0.25) is 0 Å². The molecule has 1 aromatic heterocycles. The molecule has 1 heterocycles. The summed E-state index contributed by atoms with van der Waals surface area (Å²) in [6, 6.07) is 5.57. The van der Waals surface area contributed by atoms with E-state index in [-0.39, 0.29) is 5.69 Å². The van der Waals surface area contributed by atoms with E-state index in [1.54, 1.807) is 13.1 Å². The molecule has 0 spiro atoms. The second kappa shape index (κ2) is 4.05. The fourth-order valence-corrected chi connectivity index (χ4v) is 2.00. The van der Waals surface area contributed by atoms with Crippen molar-refractivity contribution in [3.63, 3.8) is 0 Å². The molecular weight excluding hydrogens is 216 g/mol. The molecule has 4 heteroatoms. The third kappa shape index (κ3) is 1.93. The molecular formula is C13H14N2O2. The summed E-state index contributed by atoms with van der Waals surface area (Å²) in [5.74, 6) is -1.01. The number of benzene rings is 1. The van der Waals surface area contributed by atoms with Crippen molar-refractivity contribution in [2.45, 2.75) is 13.8 Å². The first-order valence-electron chi connectivity index (χ1n) is 5.36. The molecule has 2 aromatic rings. The summed E-state index contributed by atoms with van der Waals surface area (Å²) in [5, 5.41) is 13.0. The Bertz CT molecular complexity index is 606. The largest absolute Gasteiger partial charge is 0.477 e. The zero-order valence-corrected chi connectivity index (χ0v) is 10.0. The molecule has 0 atom stereocenters. The van der Waals surface area contributed by atoms with Gasteiger partial charge in [0.15, 0.2) is 5.69 Å². The number of hydrogen-bond donors (Lipinski definition) is 2. The number of carboxylic acids is 1. The molecule has 88 valence electrons. The summed E-state index contributed by atoms with van der Waals surface area (Å²) in [7, 11) is 1.78. The summed E-state index contributed by atoms with van der Waals surface area (Å²) in [5.41, 5.74) is 3.71. The Hall–Kier alpha value is -2.10. The number of aromatic carboxylic acids is 1. The van der Waals surface area contributed by atoms with Gasteiger partial charge in [0.1, 0.15) is 0 Å². The first-order valence-corrected chi connectivity index (χ1v) is 5.36. The Balaban J connectivity index is 2.87. The number of nitrogens with zero attached hydrogens (tertiary/aromatic N) is 1. The van der Waals surface area contributed by atoms with Crippen molar-refractivity contribution >= 4 is 22.6 Å². The number of nitrogens with one attached hydrogen (secondary N) is 1. The second-order valence-electron chi connectivity index (χ2n) is 4.09. The first-order chi connectivity index (χ1) is 8.02. The number of carbonyl (C=O) groups is 1. The van der Waals surface area contributed by atoms with Crippen LogP contribution in [0.4, 0.5) is 5.69 Å². The van der Waals surface area contributed by atoms with E-state index >= 15 is 0 Å². The lowest BCUT2D eigenvalue weighted by atomic mass is 10.0. The monoisotopic (exact) mass is 230 g/mol. The predicted molar refractivity (Wildman–Crippen MR) is 67.7 cm³/mol. The lowest BCUT2D eigenvalue weighted by molar-refractivity contribution is 0.0691. The molecule has 0 saturated carbocycles. The molecule has 0 radical (unpaired) electrons. The van der Waals surface area contributed by atoms with Gasteiger partial charge in [-0.3, -0.25) is 0 Å². The highest BCUT2D eigenvalue weighted by atomic mass is 16.4. The Kier molecular flexibility index (Phi) is 2.71. The Labute approximate surface area is 99.3 Å². The number of rotatable bonds is 2. The van der Waals surface area contributed by atoms with Gasteiger partial charge in [-0.15, -0.1) is 0 Å². The molecule has 0 amide bonds. The zero-order valence-electron chi connectivity index (χ0n) is 10.0. The van der Waals surface area contributed by atoms with Crippen molar-refractivity contribution in [2.24, 2.45) is 0 Å². The minimum absolute atomic E-state index is 0.0637. The van der Waals surface area contributed by atoms with Gasteiger partial charge in [0.25, 0.3) is 0 Å². The highest BCUT2D eigenvalue weighted by Gasteiger charge is 2.11. The Morgan fingerprint density at radius 1 is 1.29 bits per heavy atom. The van der Waals surface area contributed by atoms with Gasteiger partial charge in [-0.2, -0.15) is 0 Å². The van der Waals surface area contributed by atoms with Crippen LogP contribution in [0, 0.1) is 13.8 Å². The normalized spacial score (nSPS) is 10.5. The zero-order chi connectivity index (χ0) is 12.6. The highest BCUT2D eigenvalue weighted by molar-refractivity contribution is 5.98. The maximum Gasteiger partial charge on any atom is 0.354 e. The molecule has 0 fully saturated rings. The number of aryl methyl sites for hydroxylation is 2. The third-order valence-electron chi connectivity index (χ3n) is 2.74. The van der Waals surface area contributed by atoms with Crippen LogP contribution in [-0.4, -0.2) is 23.1 Å². The average molecular weight is 230 g/mol. The average Bonchev–Trinajstić information content (AvgIpc) is 2.27. The van der Waals surface area contributed by atoms with E-state index in [1.807, 2.05) is 26.0 Å². The predicted octanol–water partition coefficient (Wildman–Crippen LogP) is 2.59. The maximum atomic E-state index is 11.0. The maximum absolute atomic E-state index is 11.0. The molecule has 4 nitrogen and oxygen atoms in total. The standard InChI is InChI=1S/C13H14N2O2/c1-7-4-8(2)12-9(5-7)10(14-3)6-11(15-12)13(16)17/h4-6H,1-3H3,(H,14,15)(H,16,17). The van der Waals surface area contributed by atoms with E-state index in [1.165, 1.54) is 0 Å². The smallest absolute Gasteiger partial charge is 0.354 e. The lowest BCUT2D eigenvalue weighted by Gasteiger charge is -2.10. The van der Waals surface area contributed by atoms with Gasteiger partial charge in [-0.05, 0) is 31.5 Å². The molecule has 1 aromatic carbocycles. The van der Waals surface area contributed by atoms with Crippen LogP contribution in [0.25, 0.3) is 10.9 Å².